The minimum atomic E-state index is -1.15. The van der Waals surface area contributed by atoms with Gasteiger partial charge in [-0.15, -0.1) is 0 Å². The van der Waals surface area contributed by atoms with Crippen molar-refractivity contribution in [3.8, 4) is 11.5 Å². The molecule has 2 aromatic rings. The number of hydrogen-bond acceptors (Lipinski definition) is 4. The molecule has 1 unspecified atom stereocenters. The Morgan fingerprint density at radius 2 is 2.04 bits per heavy atom. The van der Waals surface area contributed by atoms with E-state index < -0.39 is 28.6 Å². The zero-order valence-corrected chi connectivity index (χ0v) is 15.2. The fourth-order valence-electron chi connectivity index (χ4n) is 1.99. The highest BCUT2D eigenvalue weighted by Crippen LogP contribution is 2.35. The van der Waals surface area contributed by atoms with Crippen LogP contribution < -0.4 is 10.1 Å². The molecule has 0 aromatic heterocycles. The summed E-state index contributed by atoms with van der Waals surface area (Å²) >= 11 is 6.16. The van der Waals surface area contributed by atoms with Crippen molar-refractivity contribution >= 4 is 34.1 Å². The zero-order chi connectivity index (χ0) is 18.6. The summed E-state index contributed by atoms with van der Waals surface area (Å²) in [5.41, 5.74) is 0.313. The number of rotatable bonds is 7. The second kappa shape index (κ2) is 8.31. The first-order chi connectivity index (χ1) is 11.8. The maximum absolute atomic E-state index is 13.6. The van der Waals surface area contributed by atoms with Gasteiger partial charge in [-0.3, -0.25) is 9.00 Å². The molecule has 0 radical (unpaired) electrons. The monoisotopic (exact) mass is 385 g/mol. The standard InChI is InChI=1S/C17H17ClFNO4S/c1-3-25(23)12-5-7-15(13(18)9-12)24-16-8-11(19)4-6-14(16)20-10(2)17(21)22/h4-10,20H,3H2,1-2H3,(H,21,22)/t10-,25?/m1/s1. The van der Waals surface area contributed by atoms with Gasteiger partial charge in [0.15, 0.2) is 5.75 Å². The molecule has 0 saturated heterocycles. The van der Waals surface area contributed by atoms with Crippen molar-refractivity contribution in [2.24, 2.45) is 0 Å². The van der Waals surface area contributed by atoms with Crippen LogP contribution in [0.5, 0.6) is 11.5 Å². The molecule has 2 rings (SSSR count). The molecule has 0 fully saturated rings. The van der Waals surface area contributed by atoms with Gasteiger partial charge in [0.25, 0.3) is 0 Å². The summed E-state index contributed by atoms with van der Waals surface area (Å²) in [4.78, 5) is 11.6. The van der Waals surface area contributed by atoms with Crippen LogP contribution in [-0.4, -0.2) is 27.1 Å². The van der Waals surface area contributed by atoms with E-state index >= 15 is 0 Å². The molecule has 0 heterocycles. The van der Waals surface area contributed by atoms with Crippen molar-refractivity contribution in [1.29, 1.82) is 0 Å². The predicted octanol–water partition coefficient (Wildman–Crippen LogP) is 4.28. The number of anilines is 1. The molecule has 0 aliphatic carbocycles. The van der Waals surface area contributed by atoms with E-state index in [1.165, 1.54) is 25.1 Å². The summed E-state index contributed by atoms with van der Waals surface area (Å²) in [6, 6.07) is 7.51. The summed E-state index contributed by atoms with van der Waals surface area (Å²) < 4.78 is 31.0. The van der Waals surface area contributed by atoms with E-state index in [9.17, 15) is 13.4 Å². The van der Waals surface area contributed by atoms with Crippen molar-refractivity contribution < 1.29 is 23.2 Å². The normalized spacial score (nSPS) is 13.1. The number of carboxylic acids is 1. The molecule has 0 saturated carbocycles. The lowest BCUT2D eigenvalue weighted by atomic mass is 10.2. The first-order valence-electron chi connectivity index (χ1n) is 7.46. The van der Waals surface area contributed by atoms with Gasteiger partial charge in [0.1, 0.15) is 17.6 Å². The molecule has 0 bridgehead atoms. The first-order valence-corrected chi connectivity index (χ1v) is 9.16. The molecular weight excluding hydrogens is 369 g/mol. The fourth-order valence-corrected chi connectivity index (χ4v) is 3.07. The smallest absolute Gasteiger partial charge is 0.325 e. The third kappa shape index (κ3) is 4.93. The molecule has 25 heavy (non-hydrogen) atoms. The average Bonchev–Trinajstić information content (AvgIpc) is 2.58. The minimum Gasteiger partial charge on any atom is -0.480 e. The molecule has 0 amide bonds. The van der Waals surface area contributed by atoms with E-state index in [0.29, 0.717) is 16.3 Å². The Bertz CT molecular complexity index is 815. The second-order valence-corrected chi connectivity index (χ2v) is 7.32. The number of halogens is 2. The van der Waals surface area contributed by atoms with Crippen LogP contribution in [0, 0.1) is 5.82 Å². The predicted molar refractivity (Wildman–Crippen MR) is 95.6 cm³/mol. The Balaban J connectivity index is 2.32. The molecule has 0 aliphatic rings. The van der Waals surface area contributed by atoms with Crippen LogP contribution in [0.15, 0.2) is 41.3 Å². The van der Waals surface area contributed by atoms with Crippen LogP contribution in [0.4, 0.5) is 10.1 Å². The number of carboxylic acid groups (broad SMARTS) is 1. The van der Waals surface area contributed by atoms with Gasteiger partial charge in [-0.05, 0) is 37.3 Å². The highest BCUT2D eigenvalue weighted by Gasteiger charge is 2.16. The molecule has 8 heteroatoms. The molecular formula is C17H17ClFNO4S. The van der Waals surface area contributed by atoms with Crippen molar-refractivity contribution in [1.82, 2.24) is 0 Å². The molecule has 0 aliphatic heterocycles. The van der Waals surface area contributed by atoms with Gasteiger partial charge in [-0.1, -0.05) is 18.5 Å². The van der Waals surface area contributed by atoms with E-state index in [-0.39, 0.29) is 16.5 Å². The van der Waals surface area contributed by atoms with Crippen molar-refractivity contribution in [3.05, 3.63) is 47.2 Å². The van der Waals surface area contributed by atoms with Crippen LogP contribution in [0.1, 0.15) is 13.8 Å². The molecule has 2 atom stereocenters. The highest BCUT2D eigenvalue weighted by molar-refractivity contribution is 7.85. The molecule has 2 aromatic carbocycles. The summed E-state index contributed by atoms with van der Waals surface area (Å²) in [6.07, 6.45) is 0. The van der Waals surface area contributed by atoms with Gasteiger partial charge in [0.2, 0.25) is 0 Å². The Morgan fingerprint density at radius 1 is 1.32 bits per heavy atom. The van der Waals surface area contributed by atoms with Crippen LogP contribution in [0.25, 0.3) is 0 Å². The van der Waals surface area contributed by atoms with Crippen LogP contribution in [0.3, 0.4) is 0 Å². The number of nitrogens with one attached hydrogen (secondary N) is 1. The lowest BCUT2D eigenvalue weighted by Gasteiger charge is -2.16. The number of carbonyl (C=O) groups is 1. The lowest BCUT2D eigenvalue weighted by molar-refractivity contribution is -0.137. The van der Waals surface area contributed by atoms with Gasteiger partial charge >= 0.3 is 5.97 Å². The van der Waals surface area contributed by atoms with Gasteiger partial charge in [-0.25, -0.2) is 4.39 Å². The van der Waals surface area contributed by atoms with Crippen molar-refractivity contribution in [3.63, 3.8) is 0 Å². The maximum atomic E-state index is 13.6. The summed E-state index contributed by atoms with van der Waals surface area (Å²) in [6.45, 7) is 3.25. The lowest BCUT2D eigenvalue weighted by Crippen LogP contribution is -2.25. The topological polar surface area (TPSA) is 75.6 Å². The van der Waals surface area contributed by atoms with E-state index in [1.807, 2.05) is 0 Å². The average molecular weight is 386 g/mol. The number of benzene rings is 2. The Kier molecular flexibility index (Phi) is 6.39. The van der Waals surface area contributed by atoms with Crippen molar-refractivity contribution in [2.45, 2.75) is 24.8 Å². The number of ether oxygens (including phenoxy) is 1. The largest absolute Gasteiger partial charge is 0.480 e. The molecule has 134 valence electrons. The molecule has 5 nitrogen and oxygen atoms in total. The number of hydrogen-bond donors (Lipinski definition) is 2. The van der Waals surface area contributed by atoms with Gasteiger partial charge in [0.05, 0.1) is 21.5 Å². The van der Waals surface area contributed by atoms with Crippen LogP contribution in [0.2, 0.25) is 5.02 Å². The van der Waals surface area contributed by atoms with E-state index in [0.717, 1.165) is 6.07 Å². The molecule has 2 N–H and O–H groups in total. The summed E-state index contributed by atoms with van der Waals surface area (Å²) in [5.74, 6) is -0.792. The Morgan fingerprint density at radius 3 is 2.64 bits per heavy atom. The van der Waals surface area contributed by atoms with Gasteiger partial charge in [0, 0.05) is 16.7 Å². The van der Waals surface area contributed by atoms with E-state index in [1.54, 1.807) is 19.1 Å². The number of aliphatic carboxylic acids is 1. The van der Waals surface area contributed by atoms with Gasteiger partial charge < -0.3 is 15.2 Å². The second-order valence-electron chi connectivity index (χ2n) is 5.17. The zero-order valence-electron chi connectivity index (χ0n) is 13.6. The van der Waals surface area contributed by atoms with E-state index in [4.69, 9.17) is 21.4 Å². The fraction of sp³-hybridized carbons (Fsp3) is 0.235. The summed E-state index contributed by atoms with van der Waals surface area (Å²) in [7, 11) is -1.15. The van der Waals surface area contributed by atoms with Crippen LogP contribution >= 0.6 is 11.6 Å². The SMILES string of the molecule is CCS(=O)c1ccc(Oc2cc(F)ccc2N[C@H](C)C(=O)O)c(Cl)c1. The minimum absolute atomic E-state index is 0.0966. The Labute approximate surface area is 152 Å². The highest BCUT2D eigenvalue weighted by atomic mass is 35.5. The maximum Gasteiger partial charge on any atom is 0.325 e. The Hall–Kier alpha value is -2.12. The van der Waals surface area contributed by atoms with Crippen molar-refractivity contribution in [2.75, 3.05) is 11.1 Å². The first kappa shape index (κ1) is 19.2. The van der Waals surface area contributed by atoms with E-state index in [2.05, 4.69) is 5.32 Å². The van der Waals surface area contributed by atoms with Gasteiger partial charge in [-0.2, -0.15) is 0 Å². The quantitative estimate of drug-likeness (QED) is 0.743. The van der Waals surface area contributed by atoms with Crippen LogP contribution in [-0.2, 0) is 15.6 Å². The third-order valence-electron chi connectivity index (χ3n) is 3.33. The molecule has 0 spiro atoms. The third-order valence-corrected chi connectivity index (χ3v) is 4.93. The summed E-state index contributed by atoms with van der Waals surface area (Å²) in [5, 5.41) is 12.0.